The van der Waals surface area contributed by atoms with E-state index in [0.717, 1.165) is 0 Å². The topological polar surface area (TPSA) is 52.6 Å². The molecular weight excluding hydrogens is 501 g/mol. The van der Waals surface area contributed by atoms with E-state index in [0.29, 0.717) is 9.47 Å². The van der Waals surface area contributed by atoms with E-state index in [1.807, 2.05) is 0 Å². The van der Waals surface area contributed by atoms with Crippen molar-refractivity contribution in [3.63, 3.8) is 0 Å². The van der Waals surface area contributed by atoms with Gasteiger partial charge in [0.2, 0.25) is 0 Å². The van der Waals surface area contributed by atoms with Gasteiger partial charge in [-0.2, -0.15) is 0 Å². The maximum atomic E-state index is 12.1. The minimum absolute atomic E-state index is 0.138. The van der Waals surface area contributed by atoms with Gasteiger partial charge in [0, 0.05) is 0 Å². The number of carbonyl (C=O) groups excluding carboxylic acids is 2. The maximum absolute atomic E-state index is 12.1. The van der Waals surface area contributed by atoms with Crippen molar-refractivity contribution in [3.05, 3.63) is 0 Å². The Labute approximate surface area is 138 Å². The van der Waals surface area contributed by atoms with Crippen LogP contribution in [0.5, 0.6) is 0 Å². The van der Waals surface area contributed by atoms with Crippen LogP contribution in [0.3, 0.4) is 0 Å². The first-order valence-corrected chi connectivity index (χ1v) is 14.2. The molecule has 0 bridgehead atoms. The molecule has 0 saturated heterocycles. The Hall–Kier alpha value is 1.30. The first kappa shape index (κ1) is 21.6. The first-order valence-electron chi connectivity index (χ1n) is 5.21. The fourth-order valence-corrected chi connectivity index (χ4v) is 1.28. The molecule has 0 aliphatic carbocycles. The number of halogens is 2. The third-order valence-corrected chi connectivity index (χ3v) is 2.60. The zero-order valence-corrected chi connectivity index (χ0v) is 17.3. The molecule has 0 aromatic heterocycles. The van der Waals surface area contributed by atoms with Crippen molar-refractivity contribution in [1.82, 2.24) is 0 Å². The SMILES string of the molecule is COOCC(C)(C)C(=O)C(C)(C)C(C)=O.[I][V][I]. The molecule has 0 aromatic rings. The van der Waals surface area contributed by atoms with Crippen LogP contribution < -0.4 is 0 Å². The van der Waals surface area contributed by atoms with Gasteiger partial charge in [-0.1, -0.05) is 13.8 Å². The van der Waals surface area contributed by atoms with Crippen molar-refractivity contribution in [3.8, 4) is 0 Å². The molecule has 7 heteroatoms. The number of ketones is 2. The van der Waals surface area contributed by atoms with Crippen molar-refractivity contribution in [2.45, 2.75) is 34.6 Å². The molecule has 0 unspecified atom stereocenters. The van der Waals surface area contributed by atoms with Crippen molar-refractivity contribution >= 4 is 51.5 Å². The van der Waals surface area contributed by atoms with Crippen molar-refractivity contribution in [1.29, 1.82) is 0 Å². The van der Waals surface area contributed by atoms with E-state index in [9.17, 15) is 9.59 Å². The summed E-state index contributed by atoms with van der Waals surface area (Å²) in [4.78, 5) is 32.6. The predicted octanol–water partition coefficient (Wildman–Crippen LogP) is 3.54. The van der Waals surface area contributed by atoms with Crippen LogP contribution in [0.25, 0.3) is 0 Å². The Kier molecular flexibility index (Phi) is 12.1. The van der Waals surface area contributed by atoms with Crippen LogP contribution in [0.4, 0.5) is 0 Å². The number of carbonyl (C=O) groups is 2. The van der Waals surface area contributed by atoms with Gasteiger partial charge < -0.3 is 0 Å². The summed E-state index contributed by atoms with van der Waals surface area (Å²) in [7, 11) is 2.01. The molecule has 107 valence electrons. The quantitative estimate of drug-likeness (QED) is 0.233. The average Bonchev–Trinajstić information content (AvgIpc) is 2.26. The summed E-state index contributed by atoms with van der Waals surface area (Å²) >= 11 is 4.74. The fraction of sp³-hybridized carbons (Fsp3) is 0.818. The molecule has 0 aromatic carbocycles. The van der Waals surface area contributed by atoms with Gasteiger partial charge in [0.15, 0.2) is 5.78 Å². The average molecular weight is 521 g/mol. The zero-order valence-electron chi connectivity index (χ0n) is 11.5. The summed E-state index contributed by atoms with van der Waals surface area (Å²) in [5.74, 6) is -0.280. The molecule has 0 aliphatic heterocycles. The van der Waals surface area contributed by atoms with Gasteiger partial charge >= 0.3 is 49.4 Å². The van der Waals surface area contributed by atoms with Crippen LogP contribution >= 0.6 is 40.0 Å². The van der Waals surface area contributed by atoms with Crippen molar-refractivity contribution in [2.24, 2.45) is 10.8 Å². The number of hydrogen-bond donors (Lipinski definition) is 0. The molecule has 0 atom stereocenters. The third kappa shape index (κ3) is 7.79. The Balaban J connectivity index is 0. The van der Waals surface area contributed by atoms with Gasteiger partial charge in [-0.05, 0) is 20.8 Å². The van der Waals surface area contributed by atoms with E-state index >= 15 is 0 Å². The molecule has 0 rings (SSSR count). The molecule has 0 spiro atoms. The summed E-state index contributed by atoms with van der Waals surface area (Å²) in [6, 6.07) is 0. The number of Topliss-reactive ketones (excluding diaryl/α,β-unsaturated/α-hetero) is 2. The van der Waals surface area contributed by atoms with Gasteiger partial charge in [0.1, 0.15) is 5.78 Å². The van der Waals surface area contributed by atoms with E-state index in [1.165, 1.54) is 14.0 Å². The number of hydrogen-bond acceptors (Lipinski definition) is 4. The molecule has 0 amide bonds. The second-order valence-corrected chi connectivity index (χ2v) is 16.7. The van der Waals surface area contributed by atoms with E-state index in [1.54, 1.807) is 27.7 Å². The zero-order chi connectivity index (χ0) is 15.0. The first-order chi connectivity index (χ1) is 8.07. The summed E-state index contributed by atoms with van der Waals surface area (Å²) in [5.41, 5.74) is -1.70. The van der Waals surface area contributed by atoms with E-state index in [2.05, 4.69) is 44.8 Å². The summed E-state index contributed by atoms with van der Waals surface area (Å²) in [6.45, 7) is 8.29. The van der Waals surface area contributed by atoms with Crippen molar-refractivity contribution < 1.29 is 28.8 Å². The van der Waals surface area contributed by atoms with Crippen LogP contribution in [-0.2, 0) is 28.8 Å². The Morgan fingerprint density at radius 3 is 1.83 bits per heavy atom. The molecule has 4 nitrogen and oxygen atoms in total. The Morgan fingerprint density at radius 2 is 1.56 bits per heavy atom. The van der Waals surface area contributed by atoms with Gasteiger partial charge in [-0.25, -0.2) is 9.78 Å². The van der Waals surface area contributed by atoms with Crippen LogP contribution in [-0.4, -0.2) is 25.3 Å². The van der Waals surface area contributed by atoms with Gasteiger partial charge in [-0.15, -0.1) is 0 Å². The normalized spacial score (nSPS) is 11.3. The molecule has 0 aliphatic rings. The molecule has 18 heavy (non-hydrogen) atoms. The van der Waals surface area contributed by atoms with Gasteiger partial charge in [0.05, 0.1) is 24.5 Å². The van der Waals surface area contributed by atoms with Crippen LogP contribution in [0.2, 0.25) is 0 Å². The molecule has 0 N–H and O–H groups in total. The van der Waals surface area contributed by atoms with Crippen LogP contribution in [0, 0.1) is 10.8 Å². The molecule has 0 radical (unpaired) electrons. The Bertz CT molecular complexity index is 280. The second-order valence-electron chi connectivity index (χ2n) is 4.89. The predicted molar refractivity (Wildman–Crippen MR) is 84.3 cm³/mol. The van der Waals surface area contributed by atoms with E-state index in [4.69, 9.17) is 4.89 Å². The Morgan fingerprint density at radius 1 is 1.17 bits per heavy atom. The van der Waals surface area contributed by atoms with Gasteiger partial charge in [0.25, 0.3) is 0 Å². The molecular formula is C11H20I2O4V. The molecule has 0 fully saturated rings. The summed E-state index contributed by atoms with van der Waals surface area (Å²) in [5, 5.41) is 0. The standard InChI is InChI=1S/C11H20O4.2HI.V/c1-8(12)11(4,5)9(13)10(2,3)7-15-14-6;;;/h7H2,1-6H3;2*1H;/q;;;+2/p-2. The summed E-state index contributed by atoms with van der Waals surface area (Å²) in [6.07, 6.45) is 0. The van der Waals surface area contributed by atoms with Crippen LogP contribution in [0.15, 0.2) is 0 Å². The van der Waals surface area contributed by atoms with E-state index in [-0.39, 0.29) is 18.2 Å². The number of rotatable bonds is 6. The summed E-state index contributed by atoms with van der Waals surface area (Å²) < 4.78 is 0. The monoisotopic (exact) mass is 521 g/mol. The van der Waals surface area contributed by atoms with Crippen molar-refractivity contribution in [2.75, 3.05) is 13.7 Å². The van der Waals surface area contributed by atoms with E-state index < -0.39 is 10.8 Å². The molecule has 0 heterocycles. The third-order valence-electron chi connectivity index (χ3n) is 2.60. The van der Waals surface area contributed by atoms with Crippen LogP contribution in [0.1, 0.15) is 34.6 Å². The fourth-order valence-electron chi connectivity index (χ4n) is 1.28. The second kappa shape index (κ2) is 10.1. The minimum atomic E-state index is -0.972. The van der Waals surface area contributed by atoms with Gasteiger partial charge in [-0.3, -0.25) is 9.59 Å². The molecule has 0 saturated carbocycles.